The van der Waals surface area contributed by atoms with Crippen LogP contribution in [0.5, 0.6) is 0 Å². The van der Waals surface area contributed by atoms with Crippen LogP contribution in [0, 0.1) is 0 Å². The Hall–Kier alpha value is -1.55. The van der Waals surface area contributed by atoms with Crippen LogP contribution >= 0.6 is 11.6 Å². The van der Waals surface area contributed by atoms with Crippen molar-refractivity contribution in [1.82, 2.24) is 15.1 Å². The highest BCUT2D eigenvalue weighted by atomic mass is 35.5. The molecule has 0 spiro atoms. The van der Waals surface area contributed by atoms with Gasteiger partial charge in [0.15, 0.2) is 0 Å². The lowest BCUT2D eigenvalue weighted by atomic mass is 10.2. The fourth-order valence-electron chi connectivity index (χ4n) is 1.85. The summed E-state index contributed by atoms with van der Waals surface area (Å²) in [7, 11) is 0. The van der Waals surface area contributed by atoms with E-state index in [0.717, 1.165) is 10.9 Å². The molecule has 0 saturated carbocycles. The first kappa shape index (κ1) is 12.9. The fourth-order valence-corrected chi connectivity index (χ4v) is 2.07. The van der Waals surface area contributed by atoms with Gasteiger partial charge in [-0.25, -0.2) is 0 Å². The number of nitrogens with zero attached hydrogens (tertiary/aromatic N) is 2. The number of carbonyl (C=O) groups excluding carboxylic acids is 1. The van der Waals surface area contributed by atoms with E-state index in [0.29, 0.717) is 18.0 Å². The summed E-state index contributed by atoms with van der Waals surface area (Å²) in [4.78, 5) is 11.6. The largest absolute Gasteiger partial charge is 0.354 e. The summed E-state index contributed by atoms with van der Waals surface area (Å²) < 4.78 is 1.81. The van der Waals surface area contributed by atoms with Crippen LogP contribution in [0.4, 0.5) is 0 Å². The maximum atomic E-state index is 11.6. The van der Waals surface area contributed by atoms with Crippen LogP contribution in [-0.4, -0.2) is 21.7 Å². The quantitative estimate of drug-likeness (QED) is 0.924. The van der Waals surface area contributed by atoms with Gasteiger partial charge in [0.2, 0.25) is 5.91 Å². The van der Waals surface area contributed by atoms with E-state index < -0.39 is 0 Å². The number of aromatic nitrogens is 2. The van der Waals surface area contributed by atoms with Gasteiger partial charge in [0.05, 0.1) is 23.3 Å². The van der Waals surface area contributed by atoms with Gasteiger partial charge < -0.3 is 5.32 Å². The summed E-state index contributed by atoms with van der Waals surface area (Å²) in [5.41, 5.74) is 0.958. The number of fused-ring (bicyclic) bond motifs is 1. The zero-order valence-electron chi connectivity index (χ0n) is 10.5. The molecule has 1 aromatic carbocycles. The fraction of sp³-hybridized carbons (Fsp3) is 0.385. The molecule has 0 unspecified atom stereocenters. The topological polar surface area (TPSA) is 46.9 Å². The molecule has 0 aliphatic rings. The van der Waals surface area contributed by atoms with Crippen molar-refractivity contribution in [2.75, 3.05) is 0 Å². The van der Waals surface area contributed by atoms with Crippen molar-refractivity contribution in [3.8, 4) is 0 Å². The molecule has 1 heterocycles. The second-order valence-corrected chi connectivity index (χ2v) is 4.92. The van der Waals surface area contributed by atoms with Crippen LogP contribution in [0.15, 0.2) is 24.4 Å². The number of hydrogen-bond acceptors (Lipinski definition) is 2. The molecule has 1 aromatic heterocycles. The van der Waals surface area contributed by atoms with E-state index in [1.807, 2.05) is 32.0 Å². The number of hydrogen-bond donors (Lipinski definition) is 1. The van der Waals surface area contributed by atoms with E-state index in [4.69, 9.17) is 11.6 Å². The Balaban J connectivity index is 2.09. The van der Waals surface area contributed by atoms with E-state index in [9.17, 15) is 4.79 Å². The molecular weight excluding hydrogens is 250 g/mol. The molecule has 0 aliphatic carbocycles. The Kier molecular flexibility index (Phi) is 3.87. The number of halogens is 1. The average Bonchev–Trinajstić information content (AvgIpc) is 2.70. The van der Waals surface area contributed by atoms with E-state index in [-0.39, 0.29) is 11.9 Å². The first-order chi connectivity index (χ1) is 8.58. The van der Waals surface area contributed by atoms with Gasteiger partial charge in [-0.1, -0.05) is 17.7 Å². The minimum absolute atomic E-state index is 0.0377. The van der Waals surface area contributed by atoms with Gasteiger partial charge in [0, 0.05) is 17.8 Å². The maximum absolute atomic E-state index is 11.6. The van der Waals surface area contributed by atoms with E-state index in [2.05, 4.69) is 10.4 Å². The summed E-state index contributed by atoms with van der Waals surface area (Å²) in [6.07, 6.45) is 2.15. The lowest BCUT2D eigenvalue weighted by Crippen LogP contribution is -2.30. The Morgan fingerprint density at radius 1 is 1.50 bits per heavy atom. The third kappa shape index (κ3) is 2.82. The lowest BCUT2D eigenvalue weighted by Gasteiger charge is -2.08. The van der Waals surface area contributed by atoms with Gasteiger partial charge in [0.25, 0.3) is 0 Å². The molecule has 1 amide bonds. The number of rotatable bonds is 4. The first-order valence-corrected chi connectivity index (χ1v) is 6.35. The molecule has 0 saturated heterocycles. The third-order valence-corrected chi connectivity index (χ3v) is 2.96. The normalized spacial score (nSPS) is 11.1. The van der Waals surface area contributed by atoms with Crippen molar-refractivity contribution in [3.05, 3.63) is 29.4 Å². The SMILES string of the molecule is CC(C)NC(=O)CCn1ncc2c(Cl)cccc21. The predicted octanol–water partition coefficient (Wildman–Crippen LogP) is 2.60. The average molecular weight is 266 g/mol. The maximum Gasteiger partial charge on any atom is 0.222 e. The Labute approximate surface area is 111 Å². The van der Waals surface area contributed by atoms with Crippen LogP contribution in [0.25, 0.3) is 10.9 Å². The van der Waals surface area contributed by atoms with Crippen molar-refractivity contribution in [2.45, 2.75) is 32.9 Å². The van der Waals surface area contributed by atoms with E-state index in [1.165, 1.54) is 0 Å². The summed E-state index contributed by atoms with van der Waals surface area (Å²) in [5, 5.41) is 8.72. The van der Waals surface area contributed by atoms with Gasteiger partial charge in [-0.05, 0) is 26.0 Å². The summed E-state index contributed by atoms with van der Waals surface area (Å²) in [6.45, 7) is 4.45. The number of amides is 1. The second kappa shape index (κ2) is 5.40. The third-order valence-electron chi connectivity index (χ3n) is 2.63. The summed E-state index contributed by atoms with van der Waals surface area (Å²) in [5.74, 6) is 0.0377. The Morgan fingerprint density at radius 2 is 2.28 bits per heavy atom. The van der Waals surface area contributed by atoms with Gasteiger partial charge >= 0.3 is 0 Å². The predicted molar refractivity (Wildman–Crippen MR) is 72.6 cm³/mol. The van der Waals surface area contributed by atoms with Crippen molar-refractivity contribution >= 4 is 28.4 Å². The van der Waals surface area contributed by atoms with Gasteiger partial charge in [0.1, 0.15) is 0 Å². The monoisotopic (exact) mass is 265 g/mol. The number of carbonyl (C=O) groups is 1. The highest BCUT2D eigenvalue weighted by molar-refractivity contribution is 6.35. The molecule has 0 atom stereocenters. The Bertz CT molecular complexity index is 562. The molecule has 2 rings (SSSR count). The number of nitrogens with one attached hydrogen (secondary N) is 1. The Morgan fingerprint density at radius 3 is 3.00 bits per heavy atom. The number of benzene rings is 1. The van der Waals surface area contributed by atoms with Gasteiger partial charge in [-0.2, -0.15) is 5.10 Å². The van der Waals surface area contributed by atoms with Crippen molar-refractivity contribution < 1.29 is 4.79 Å². The van der Waals surface area contributed by atoms with E-state index >= 15 is 0 Å². The minimum atomic E-state index is 0.0377. The molecule has 1 N–H and O–H groups in total. The highest BCUT2D eigenvalue weighted by Crippen LogP contribution is 2.22. The molecular formula is C13H16ClN3O. The van der Waals surface area contributed by atoms with E-state index in [1.54, 1.807) is 10.9 Å². The van der Waals surface area contributed by atoms with Crippen molar-refractivity contribution in [2.24, 2.45) is 0 Å². The molecule has 4 nitrogen and oxygen atoms in total. The van der Waals surface area contributed by atoms with Crippen LogP contribution < -0.4 is 5.32 Å². The first-order valence-electron chi connectivity index (χ1n) is 5.97. The standard InChI is InChI=1S/C13H16ClN3O/c1-9(2)16-13(18)6-7-17-12-5-3-4-11(14)10(12)8-15-17/h3-5,8-9H,6-7H2,1-2H3,(H,16,18). The molecule has 96 valence electrons. The lowest BCUT2D eigenvalue weighted by molar-refractivity contribution is -0.121. The van der Waals surface area contributed by atoms with Crippen LogP contribution in [0.1, 0.15) is 20.3 Å². The van der Waals surface area contributed by atoms with Gasteiger partial charge in [-0.3, -0.25) is 9.48 Å². The zero-order chi connectivity index (χ0) is 13.1. The second-order valence-electron chi connectivity index (χ2n) is 4.51. The minimum Gasteiger partial charge on any atom is -0.354 e. The smallest absolute Gasteiger partial charge is 0.222 e. The number of aryl methyl sites for hydroxylation is 1. The molecule has 0 radical (unpaired) electrons. The summed E-state index contributed by atoms with van der Waals surface area (Å²) in [6, 6.07) is 5.84. The highest BCUT2D eigenvalue weighted by Gasteiger charge is 2.08. The molecule has 5 heteroatoms. The van der Waals surface area contributed by atoms with Gasteiger partial charge in [-0.15, -0.1) is 0 Å². The molecule has 0 bridgehead atoms. The van der Waals surface area contributed by atoms with Crippen molar-refractivity contribution in [3.63, 3.8) is 0 Å². The molecule has 0 fully saturated rings. The molecule has 2 aromatic rings. The molecule has 0 aliphatic heterocycles. The van der Waals surface area contributed by atoms with Crippen LogP contribution in [0.2, 0.25) is 5.02 Å². The van der Waals surface area contributed by atoms with Crippen LogP contribution in [0.3, 0.4) is 0 Å². The summed E-state index contributed by atoms with van der Waals surface area (Å²) >= 11 is 6.07. The van der Waals surface area contributed by atoms with Crippen LogP contribution in [-0.2, 0) is 11.3 Å². The molecule has 18 heavy (non-hydrogen) atoms. The zero-order valence-corrected chi connectivity index (χ0v) is 11.2. The van der Waals surface area contributed by atoms with Crippen molar-refractivity contribution in [1.29, 1.82) is 0 Å².